The van der Waals surface area contributed by atoms with Gasteiger partial charge >= 0.3 is 0 Å². The van der Waals surface area contributed by atoms with E-state index in [1.54, 1.807) is 0 Å². The van der Waals surface area contributed by atoms with Crippen LogP contribution in [0.5, 0.6) is 0 Å². The van der Waals surface area contributed by atoms with Crippen molar-refractivity contribution in [3.05, 3.63) is 35.4 Å². The van der Waals surface area contributed by atoms with Crippen LogP contribution in [0.25, 0.3) is 0 Å². The Hall–Kier alpha value is -0.960. The average molecular weight is 225 g/mol. The van der Waals surface area contributed by atoms with Crippen molar-refractivity contribution in [2.75, 3.05) is 6.54 Å². The van der Waals surface area contributed by atoms with Crippen molar-refractivity contribution < 1.29 is 8.78 Å². The molecule has 1 heterocycles. The molecule has 1 aliphatic heterocycles. The second kappa shape index (κ2) is 4.13. The van der Waals surface area contributed by atoms with Crippen molar-refractivity contribution >= 4 is 0 Å². The predicted octanol–water partition coefficient (Wildman–Crippen LogP) is 3.47. The van der Waals surface area contributed by atoms with Crippen LogP contribution in [0.4, 0.5) is 8.78 Å². The minimum absolute atomic E-state index is 0.0851. The summed E-state index contributed by atoms with van der Waals surface area (Å²) < 4.78 is 26.0. The van der Waals surface area contributed by atoms with Crippen LogP contribution in [0.15, 0.2) is 24.3 Å². The number of hydrogen-bond acceptors (Lipinski definition) is 1. The fraction of sp³-hybridized carbons (Fsp3) is 0.538. The Morgan fingerprint density at radius 2 is 1.88 bits per heavy atom. The van der Waals surface area contributed by atoms with Gasteiger partial charge in [0.1, 0.15) is 0 Å². The second-order valence-electron chi connectivity index (χ2n) is 4.71. The zero-order chi connectivity index (χ0) is 11.8. The topological polar surface area (TPSA) is 12.0 Å². The Balaban J connectivity index is 2.19. The standard InChI is InChI=1S/C13H17F2N/c1-9-7-8-16-12(9)10-3-5-11(6-4-10)13(2,14)15/h3-6,9,12,16H,7-8H2,1-2H3/t9-,12?/m0/s1. The number of halogens is 2. The quantitative estimate of drug-likeness (QED) is 0.812. The van der Waals surface area contributed by atoms with E-state index in [2.05, 4.69) is 12.2 Å². The van der Waals surface area contributed by atoms with Gasteiger partial charge in [0.15, 0.2) is 0 Å². The molecule has 0 radical (unpaired) electrons. The molecule has 1 N–H and O–H groups in total. The summed E-state index contributed by atoms with van der Waals surface area (Å²) in [4.78, 5) is 0. The highest BCUT2D eigenvalue weighted by Crippen LogP contribution is 2.32. The van der Waals surface area contributed by atoms with E-state index in [9.17, 15) is 8.78 Å². The lowest BCUT2D eigenvalue weighted by Crippen LogP contribution is -2.16. The van der Waals surface area contributed by atoms with E-state index >= 15 is 0 Å². The first kappa shape index (κ1) is 11.5. The van der Waals surface area contributed by atoms with E-state index in [-0.39, 0.29) is 5.56 Å². The predicted molar refractivity (Wildman–Crippen MR) is 60.5 cm³/mol. The van der Waals surface area contributed by atoms with Gasteiger partial charge in [0.05, 0.1) is 0 Å². The van der Waals surface area contributed by atoms with Crippen LogP contribution in [-0.4, -0.2) is 6.54 Å². The molecule has 0 aromatic heterocycles. The summed E-state index contributed by atoms with van der Waals surface area (Å²) in [6.07, 6.45) is 1.15. The molecule has 0 spiro atoms. The van der Waals surface area contributed by atoms with Gasteiger partial charge < -0.3 is 5.32 Å². The molecule has 1 saturated heterocycles. The largest absolute Gasteiger partial charge is 0.310 e. The van der Waals surface area contributed by atoms with Gasteiger partial charge in [-0.25, -0.2) is 8.78 Å². The van der Waals surface area contributed by atoms with Crippen LogP contribution >= 0.6 is 0 Å². The van der Waals surface area contributed by atoms with Gasteiger partial charge in [0.2, 0.25) is 0 Å². The number of nitrogens with one attached hydrogen (secondary N) is 1. The van der Waals surface area contributed by atoms with Gasteiger partial charge in [-0.15, -0.1) is 0 Å². The molecule has 0 aliphatic carbocycles. The summed E-state index contributed by atoms with van der Waals surface area (Å²) in [7, 11) is 0. The van der Waals surface area contributed by atoms with E-state index in [0.29, 0.717) is 12.0 Å². The summed E-state index contributed by atoms with van der Waals surface area (Å²) >= 11 is 0. The van der Waals surface area contributed by atoms with Crippen LogP contribution in [0.3, 0.4) is 0 Å². The normalized spacial score (nSPS) is 26.0. The first-order valence-corrected chi connectivity index (χ1v) is 5.70. The zero-order valence-corrected chi connectivity index (χ0v) is 9.63. The van der Waals surface area contributed by atoms with Crippen molar-refractivity contribution in [1.29, 1.82) is 0 Å². The maximum absolute atomic E-state index is 13.0. The molecule has 1 aromatic carbocycles. The molecule has 3 heteroatoms. The molecule has 0 saturated carbocycles. The van der Waals surface area contributed by atoms with E-state index in [4.69, 9.17) is 0 Å². The Labute approximate surface area is 94.9 Å². The van der Waals surface area contributed by atoms with Crippen LogP contribution in [0.2, 0.25) is 0 Å². The molecule has 1 fully saturated rings. The number of rotatable bonds is 2. The van der Waals surface area contributed by atoms with E-state index in [0.717, 1.165) is 25.5 Å². The van der Waals surface area contributed by atoms with Crippen molar-refractivity contribution in [1.82, 2.24) is 5.32 Å². The third-order valence-electron chi connectivity index (χ3n) is 3.31. The molecule has 1 aromatic rings. The maximum Gasteiger partial charge on any atom is 0.270 e. The highest BCUT2D eigenvalue weighted by molar-refractivity contribution is 5.28. The van der Waals surface area contributed by atoms with Crippen molar-refractivity contribution in [2.45, 2.75) is 32.2 Å². The smallest absolute Gasteiger partial charge is 0.270 e. The van der Waals surface area contributed by atoms with Crippen molar-refractivity contribution in [3.63, 3.8) is 0 Å². The minimum Gasteiger partial charge on any atom is -0.310 e. The lowest BCUT2D eigenvalue weighted by Gasteiger charge is -2.17. The van der Waals surface area contributed by atoms with Gasteiger partial charge in [-0.3, -0.25) is 0 Å². The lowest BCUT2D eigenvalue weighted by atomic mass is 9.95. The van der Waals surface area contributed by atoms with E-state index in [1.807, 2.05) is 12.1 Å². The van der Waals surface area contributed by atoms with Gasteiger partial charge in [-0.2, -0.15) is 0 Å². The third-order valence-corrected chi connectivity index (χ3v) is 3.31. The molecule has 16 heavy (non-hydrogen) atoms. The first-order valence-electron chi connectivity index (χ1n) is 5.70. The summed E-state index contributed by atoms with van der Waals surface area (Å²) in [5.41, 5.74) is 1.19. The van der Waals surface area contributed by atoms with E-state index < -0.39 is 5.92 Å². The fourth-order valence-corrected chi connectivity index (χ4v) is 2.26. The molecule has 1 aliphatic rings. The van der Waals surface area contributed by atoms with Gasteiger partial charge in [0, 0.05) is 18.5 Å². The molecule has 0 bridgehead atoms. The molecular weight excluding hydrogens is 208 g/mol. The fourth-order valence-electron chi connectivity index (χ4n) is 2.26. The van der Waals surface area contributed by atoms with Crippen molar-refractivity contribution in [2.24, 2.45) is 5.92 Å². The zero-order valence-electron chi connectivity index (χ0n) is 9.63. The number of alkyl halides is 2. The monoisotopic (exact) mass is 225 g/mol. The van der Waals surface area contributed by atoms with Crippen molar-refractivity contribution in [3.8, 4) is 0 Å². The molecule has 2 rings (SSSR count). The Bertz CT molecular complexity index is 353. The Morgan fingerprint density at radius 3 is 2.31 bits per heavy atom. The lowest BCUT2D eigenvalue weighted by molar-refractivity contribution is 0.0174. The van der Waals surface area contributed by atoms with Gasteiger partial charge in [0.25, 0.3) is 5.92 Å². The van der Waals surface area contributed by atoms with Crippen LogP contribution in [0, 0.1) is 5.92 Å². The average Bonchev–Trinajstić information content (AvgIpc) is 2.63. The Morgan fingerprint density at radius 1 is 1.25 bits per heavy atom. The van der Waals surface area contributed by atoms with Gasteiger partial charge in [-0.05, 0) is 24.4 Å². The van der Waals surface area contributed by atoms with Crippen LogP contribution < -0.4 is 5.32 Å². The van der Waals surface area contributed by atoms with Gasteiger partial charge in [-0.1, -0.05) is 31.2 Å². The van der Waals surface area contributed by atoms with Crippen LogP contribution in [-0.2, 0) is 5.92 Å². The molecule has 1 nitrogen and oxygen atoms in total. The first-order chi connectivity index (χ1) is 7.48. The number of hydrogen-bond donors (Lipinski definition) is 1. The third kappa shape index (κ3) is 2.24. The highest BCUT2D eigenvalue weighted by Gasteiger charge is 2.27. The molecule has 1 unspecified atom stereocenters. The summed E-state index contributed by atoms with van der Waals surface area (Å²) in [5, 5.41) is 3.39. The highest BCUT2D eigenvalue weighted by atomic mass is 19.3. The Kier molecular flexibility index (Phi) is 2.98. The number of benzene rings is 1. The SMILES string of the molecule is C[C@H]1CCNC1c1ccc(C(C)(F)F)cc1. The summed E-state index contributed by atoms with van der Waals surface area (Å²) in [6.45, 7) is 4.13. The van der Waals surface area contributed by atoms with Crippen LogP contribution in [0.1, 0.15) is 37.4 Å². The minimum atomic E-state index is -2.74. The molecular formula is C13H17F2N. The molecule has 0 amide bonds. The van der Waals surface area contributed by atoms with E-state index in [1.165, 1.54) is 12.1 Å². The maximum atomic E-state index is 13.0. The molecule has 88 valence electrons. The molecule has 2 atom stereocenters. The summed E-state index contributed by atoms with van der Waals surface area (Å²) in [5.74, 6) is -2.17. The summed E-state index contributed by atoms with van der Waals surface area (Å²) in [6, 6.07) is 7.00. The second-order valence-corrected chi connectivity index (χ2v) is 4.71.